The van der Waals surface area contributed by atoms with Crippen LogP contribution in [0.1, 0.15) is 18.4 Å². The molecule has 1 fully saturated rings. The standard InChI is InChI=1S/C22H26FN3O5S/c1-31-19-8-10-20(11-9-19)32(29,30)26-14-2-3-18(26)15-25-22(28)21(27)24-13-12-16-4-6-17(23)7-5-16/h4-11,18H,2-3,12-15H2,1H3,(H,24,27)(H,25,28). The minimum Gasteiger partial charge on any atom is -0.497 e. The van der Waals surface area contributed by atoms with E-state index in [1.807, 2.05) is 0 Å². The maximum absolute atomic E-state index is 13.0. The highest BCUT2D eigenvalue weighted by Gasteiger charge is 2.35. The third kappa shape index (κ3) is 5.83. The van der Waals surface area contributed by atoms with Crippen LogP contribution in [0.4, 0.5) is 4.39 Å². The predicted molar refractivity (Wildman–Crippen MR) is 116 cm³/mol. The summed E-state index contributed by atoms with van der Waals surface area (Å²) >= 11 is 0. The van der Waals surface area contributed by atoms with Gasteiger partial charge < -0.3 is 15.4 Å². The molecule has 1 aliphatic heterocycles. The number of amides is 2. The molecule has 1 heterocycles. The fraction of sp³-hybridized carbons (Fsp3) is 0.364. The third-order valence-corrected chi connectivity index (χ3v) is 7.27. The van der Waals surface area contributed by atoms with Crippen molar-refractivity contribution in [2.75, 3.05) is 26.7 Å². The van der Waals surface area contributed by atoms with Gasteiger partial charge in [0.1, 0.15) is 11.6 Å². The first kappa shape index (κ1) is 23.7. The summed E-state index contributed by atoms with van der Waals surface area (Å²) in [6.07, 6.45) is 1.71. The van der Waals surface area contributed by atoms with Crippen LogP contribution in [0, 0.1) is 5.82 Å². The highest BCUT2D eigenvalue weighted by Crippen LogP contribution is 2.26. The highest BCUT2D eigenvalue weighted by atomic mass is 32.2. The average molecular weight is 464 g/mol. The summed E-state index contributed by atoms with van der Waals surface area (Å²) in [5.74, 6) is -1.40. The summed E-state index contributed by atoms with van der Waals surface area (Å²) < 4.78 is 45.3. The normalized spacial score (nSPS) is 16.5. The van der Waals surface area contributed by atoms with Gasteiger partial charge in [-0.1, -0.05) is 12.1 Å². The monoisotopic (exact) mass is 463 g/mol. The molecule has 0 aromatic heterocycles. The van der Waals surface area contributed by atoms with Gasteiger partial charge in [0.2, 0.25) is 10.0 Å². The van der Waals surface area contributed by atoms with Gasteiger partial charge in [-0.15, -0.1) is 0 Å². The smallest absolute Gasteiger partial charge is 0.309 e. The summed E-state index contributed by atoms with van der Waals surface area (Å²) in [5.41, 5.74) is 0.831. The minimum atomic E-state index is -3.73. The van der Waals surface area contributed by atoms with E-state index in [9.17, 15) is 22.4 Å². The predicted octanol–water partition coefficient (Wildman–Crippen LogP) is 1.46. The van der Waals surface area contributed by atoms with Crippen LogP contribution < -0.4 is 15.4 Å². The van der Waals surface area contributed by atoms with Gasteiger partial charge in [-0.2, -0.15) is 4.31 Å². The van der Waals surface area contributed by atoms with E-state index in [1.54, 1.807) is 24.3 Å². The Morgan fingerprint density at radius 1 is 1.06 bits per heavy atom. The molecule has 2 amide bonds. The van der Waals surface area contributed by atoms with Crippen LogP contribution in [0.15, 0.2) is 53.4 Å². The lowest BCUT2D eigenvalue weighted by molar-refractivity contribution is -0.139. The number of nitrogens with one attached hydrogen (secondary N) is 2. The largest absolute Gasteiger partial charge is 0.497 e. The number of carbonyl (C=O) groups excluding carboxylic acids is 2. The Labute approximate surface area is 186 Å². The van der Waals surface area contributed by atoms with Crippen LogP contribution >= 0.6 is 0 Å². The van der Waals surface area contributed by atoms with E-state index in [2.05, 4.69) is 10.6 Å². The molecule has 0 aliphatic carbocycles. The lowest BCUT2D eigenvalue weighted by Gasteiger charge is -2.24. The Morgan fingerprint density at radius 2 is 1.72 bits per heavy atom. The van der Waals surface area contributed by atoms with E-state index in [-0.39, 0.29) is 23.8 Å². The van der Waals surface area contributed by atoms with Gasteiger partial charge >= 0.3 is 11.8 Å². The molecule has 1 atom stereocenters. The molecule has 8 nitrogen and oxygen atoms in total. The number of rotatable bonds is 8. The summed E-state index contributed by atoms with van der Waals surface area (Å²) in [6, 6.07) is 11.6. The summed E-state index contributed by atoms with van der Waals surface area (Å²) in [7, 11) is -2.23. The van der Waals surface area contributed by atoms with Crippen molar-refractivity contribution in [2.45, 2.75) is 30.2 Å². The lowest BCUT2D eigenvalue weighted by Crippen LogP contribution is -2.47. The molecule has 10 heteroatoms. The highest BCUT2D eigenvalue weighted by molar-refractivity contribution is 7.89. The van der Waals surface area contributed by atoms with Gasteiger partial charge in [-0.05, 0) is 61.2 Å². The number of nitrogens with zero attached hydrogens (tertiary/aromatic N) is 1. The lowest BCUT2D eigenvalue weighted by atomic mass is 10.1. The Balaban J connectivity index is 1.50. The van der Waals surface area contributed by atoms with E-state index < -0.39 is 27.9 Å². The summed E-state index contributed by atoms with van der Waals surface area (Å²) in [4.78, 5) is 24.3. The van der Waals surface area contributed by atoms with Crippen LogP contribution in [-0.2, 0) is 26.0 Å². The zero-order valence-corrected chi connectivity index (χ0v) is 18.5. The van der Waals surface area contributed by atoms with Crippen LogP contribution in [0.2, 0.25) is 0 Å². The van der Waals surface area contributed by atoms with Crippen molar-refractivity contribution in [1.82, 2.24) is 14.9 Å². The number of halogens is 1. The van der Waals surface area contributed by atoms with Crippen molar-refractivity contribution >= 4 is 21.8 Å². The molecule has 0 saturated carbocycles. The van der Waals surface area contributed by atoms with Gasteiger partial charge in [0.25, 0.3) is 0 Å². The molecule has 32 heavy (non-hydrogen) atoms. The molecule has 0 spiro atoms. The van der Waals surface area contributed by atoms with Gasteiger partial charge in [0.15, 0.2) is 0 Å². The number of hydrogen-bond donors (Lipinski definition) is 2. The van der Waals surface area contributed by atoms with Gasteiger partial charge in [-0.25, -0.2) is 12.8 Å². The second-order valence-corrected chi connectivity index (χ2v) is 9.32. The first-order chi connectivity index (χ1) is 15.3. The maximum Gasteiger partial charge on any atom is 0.309 e. The SMILES string of the molecule is COc1ccc(S(=O)(=O)N2CCCC2CNC(=O)C(=O)NCCc2ccc(F)cc2)cc1. The molecule has 2 aromatic rings. The zero-order chi connectivity index (χ0) is 23.1. The van der Waals surface area contributed by atoms with Crippen LogP contribution in [0.5, 0.6) is 5.75 Å². The van der Waals surface area contributed by atoms with E-state index in [0.29, 0.717) is 31.6 Å². The Bertz CT molecular complexity index is 1040. The number of benzene rings is 2. The Morgan fingerprint density at radius 3 is 2.38 bits per heavy atom. The molecule has 172 valence electrons. The second kappa shape index (κ2) is 10.6. The second-order valence-electron chi connectivity index (χ2n) is 7.43. The van der Waals surface area contributed by atoms with Gasteiger partial charge in [0.05, 0.1) is 12.0 Å². The Hall–Kier alpha value is -2.98. The first-order valence-electron chi connectivity index (χ1n) is 10.3. The minimum absolute atomic E-state index is 0.0413. The van der Waals surface area contributed by atoms with Gasteiger partial charge in [-0.3, -0.25) is 9.59 Å². The maximum atomic E-state index is 13.0. The molecular weight excluding hydrogens is 437 g/mol. The number of sulfonamides is 1. The van der Waals surface area contributed by atoms with Crippen LogP contribution in [-0.4, -0.2) is 57.3 Å². The average Bonchev–Trinajstić information content (AvgIpc) is 3.28. The molecule has 3 rings (SSSR count). The molecule has 2 N–H and O–H groups in total. The van der Waals surface area contributed by atoms with E-state index in [4.69, 9.17) is 4.74 Å². The quantitative estimate of drug-likeness (QED) is 0.577. The van der Waals surface area contributed by atoms with Crippen LogP contribution in [0.3, 0.4) is 0 Å². The van der Waals surface area contributed by atoms with Crippen molar-refractivity contribution in [1.29, 1.82) is 0 Å². The van der Waals surface area contributed by atoms with Crippen molar-refractivity contribution in [3.05, 3.63) is 59.9 Å². The number of ether oxygens (including phenoxy) is 1. The van der Waals surface area contributed by atoms with E-state index in [0.717, 1.165) is 5.56 Å². The fourth-order valence-electron chi connectivity index (χ4n) is 3.56. The fourth-order valence-corrected chi connectivity index (χ4v) is 5.25. The number of methoxy groups -OCH3 is 1. The van der Waals surface area contributed by atoms with E-state index in [1.165, 1.54) is 35.7 Å². The molecular formula is C22H26FN3O5S. The summed E-state index contributed by atoms with van der Waals surface area (Å²) in [6.45, 7) is 0.609. The molecule has 1 saturated heterocycles. The molecule has 2 aromatic carbocycles. The number of carbonyl (C=O) groups is 2. The van der Waals surface area contributed by atoms with Crippen molar-refractivity contribution in [3.8, 4) is 5.75 Å². The molecule has 0 radical (unpaired) electrons. The van der Waals surface area contributed by atoms with Crippen LogP contribution in [0.25, 0.3) is 0 Å². The first-order valence-corrected chi connectivity index (χ1v) is 11.7. The Kier molecular flexibility index (Phi) is 7.81. The van der Waals surface area contributed by atoms with Crippen molar-refractivity contribution in [3.63, 3.8) is 0 Å². The van der Waals surface area contributed by atoms with E-state index >= 15 is 0 Å². The van der Waals surface area contributed by atoms with Crippen molar-refractivity contribution in [2.24, 2.45) is 0 Å². The molecule has 0 bridgehead atoms. The van der Waals surface area contributed by atoms with Gasteiger partial charge in [0, 0.05) is 25.7 Å². The topological polar surface area (TPSA) is 105 Å². The zero-order valence-electron chi connectivity index (χ0n) is 17.7. The van der Waals surface area contributed by atoms with Crippen molar-refractivity contribution < 1.29 is 27.1 Å². The summed E-state index contributed by atoms with van der Waals surface area (Å²) in [5, 5.41) is 5.04. The number of hydrogen-bond acceptors (Lipinski definition) is 5. The molecule has 1 aliphatic rings. The third-order valence-electron chi connectivity index (χ3n) is 5.31. The molecule has 1 unspecified atom stereocenters.